The van der Waals surface area contributed by atoms with E-state index in [2.05, 4.69) is 30.4 Å². The predicted octanol–water partition coefficient (Wildman–Crippen LogP) is 0.527. The minimum Gasteiger partial charge on any atom is -0.381 e. The van der Waals surface area contributed by atoms with E-state index in [9.17, 15) is 4.79 Å². The Morgan fingerprint density at radius 3 is 2.76 bits per heavy atom. The first-order valence-electron chi connectivity index (χ1n) is 5.93. The van der Waals surface area contributed by atoms with Gasteiger partial charge in [-0.15, -0.1) is 6.42 Å². The summed E-state index contributed by atoms with van der Waals surface area (Å²) in [6, 6.07) is 0.0736. The fourth-order valence-corrected chi connectivity index (χ4v) is 2.24. The van der Waals surface area contributed by atoms with Crippen LogP contribution in [0.1, 0.15) is 27.2 Å². The SMILES string of the molecule is C#CCNC(=O)C(C)NC1CC(OC)C1(C)C. The Labute approximate surface area is 103 Å². The van der Waals surface area contributed by atoms with Crippen molar-refractivity contribution >= 4 is 5.91 Å². The first kappa shape index (κ1) is 14.0. The quantitative estimate of drug-likeness (QED) is 0.687. The van der Waals surface area contributed by atoms with Gasteiger partial charge in [-0.1, -0.05) is 19.8 Å². The molecular formula is C13H22N2O2. The van der Waals surface area contributed by atoms with Crippen molar-refractivity contribution in [3.63, 3.8) is 0 Å². The Morgan fingerprint density at radius 2 is 2.29 bits per heavy atom. The molecule has 1 rings (SSSR count). The molecule has 0 saturated heterocycles. The highest BCUT2D eigenvalue weighted by atomic mass is 16.5. The van der Waals surface area contributed by atoms with Gasteiger partial charge in [-0.3, -0.25) is 4.79 Å². The molecule has 1 saturated carbocycles. The zero-order valence-electron chi connectivity index (χ0n) is 11.0. The molecule has 0 aromatic heterocycles. The number of amides is 1. The summed E-state index contributed by atoms with van der Waals surface area (Å²) >= 11 is 0. The maximum absolute atomic E-state index is 11.6. The standard InChI is InChI=1S/C13H22N2O2/c1-6-7-14-12(16)9(2)15-10-8-11(17-5)13(10,3)4/h1,9-11,15H,7-8H2,2-5H3,(H,14,16). The van der Waals surface area contributed by atoms with Gasteiger partial charge in [0, 0.05) is 18.6 Å². The van der Waals surface area contributed by atoms with Gasteiger partial charge in [-0.25, -0.2) is 0 Å². The molecule has 3 unspecified atom stereocenters. The second kappa shape index (κ2) is 5.52. The zero-order valence-corrected chi connectivity index (χ0v) is 11.0. The molecular weight excluding hydrogens is 216 g/mol. The van der Waals surface area contributed by atoms with Crippen LogP contribution in [0.5, 0.6) is 0 Å². The molecule has 0 aromatic carbocycles. The van der Waals surface area contributed by atoms with Crippen LogP contribution < -0.4 is 10.6 Å². The Hall–Kier alpha value is -1.05. The highest BCUT2D eigenvalue weighted by molar-refractivity contribution is 5.81. The van der Waals surface area contributed by atoms with Crippen LogP contribution in [0.3, 0.4) is 0 Å². The van der Waals surface area contributed by atoms with Crippen LogP contribution in [0.4, 0.5) is 0 Å². The van der Waals surface area contributed by atoms with Crippen LogP contribution >= 0.6 is 0 Å². The van der Waals surface area contributed by atoms with E-state index in [1.54, 1.807) is 7.11 Å². The van der Waals surface area contributed by atoms with Gasteiger partial charge >= 0.3 is 0 Å². The minimum atomic E-state index is -0.231. The van der Waals surface area contributed by atoms with E-state index in [-0.39, 0.29) is 30.0 Å². The molecule has 0 bridgehead atoms. The van der Waals surface area contributed by atoms with Crippen molar-refractivity contribution in [2.45, 2.75) is 45.4 Å². The maximum atomic E-state index is 11.6. The topological polar surface area (TPSA) is 50.4 Å². The summed E-state index contributed by atoms with van der Waals surface area (Å²) in [5.41, 5.74) is 0.0649. The third kappa shape index (κ3) is 2.99. The number of nitrogens with one attached hydrogen (secondary N) is 2. The molecule has 1 amide bonds. The zero-order chi connectivity index (χ0) is 13.1. The summed E-state index contributed by atoms with van der Waals surface area (Å²) in [5.74, 6) is 2.33. The Balaban J connectivity index is 2.41. The summed E-state index contributed by atoms with van der Waals surface area (Å²) in [7, 11) is 1.73. The monoisotopic (exact) mass is 238 g/mol. The molecule has 1 aliphatic carbocycles. The molecule has 0 aliphatic heterocycles. The second-order valence-corrected chi connectivity index (χ2v) is 5.14. The molecule has 0 spiro atoms. The van der Waals surface area contributed by atoms with Crippen molar-refractivity contribution in [1.29, 1.82) is 0 Å². The van der Waals surface area contributed by atoms with Gasteiger partial charge in [0.2, 0.25) is 5.91 Å². The number of ether oxygens (including phenoxy) is 1. The number of methoxy groups -OCH3 is 1. The van der Waals surface area contributed by atoms with E-state index in [0.717, 1.165) is 6.42 Å². The van der Waals surface area contributed by atoms with Crippen molar-refractivity contribution in [2.75, 3.05) is 13.7 Å². The van der Waals surface area contributed by atoms with Gasteiger partial charge in [-0.05, 0) is 13.3 Å². The third-order valence-corrected chi connectivity index (χ3v) is 3.67. The second-order valence-electron chi connectivity index (χ2n) is 5.14. The molecule has 3 atom stereocenters. The van der Waals surface area contributed by atoms with Crippen molar-refractivity contribution in [3.05, 3.63) is 0 Å². The number of carbonyl (C=O) groups is 1. The van der Waals surface area contributed by atoms with Crippen LogP contribution in [-0.4, -0.2) is 37.7 Å². The molecule has 0 radical (unpaired) electrons. The molecule has 0 heterocycles. The van der Waals surface area contributed by atoms with Crippen molar-refractivity contribution < 1.29 is 9.53 Å². The van der Waals surface area contributed by atoms with Crippen molar-refractivity contribution in [3.8, 4) is 12.3 Å². The van der Waals surface area contributed by atoms with Gasteiger partial charge in [0.25, 0.3) is 0 Å². The lowest BCUT2D eigenvalue weighted by Crippen LogP contribution is -2.63. The average molecular weight is 238 g/mol. The number of hydrogen-bond donors (Lipinski definition) is 2. The Kier molecular flexibility index (Phi) is 4.55. The molecule has 96 valence electrons. The van der Waals surface area contributed by atoms with Gasteiger partial charge in [-0.2, -0.15) is 0 Å². The average Bonchev–Trinajstić information content (AvgIpc) is 2.30. The predicted molar refractivity (Wildman–Crippen MR) is 67.4 cm³/mol. The van der Waals surface area contributed by atoms with Crippen LogP contribution in [0.25, 0.3) is 0 Å². The lowest BCUT2D eigenvalue weighted by molar-refractivity contribution is -0.127. The molecule has 2 N–H and O–H groups in total. The number of hydrogen-bond acceptors (Lipinski definition) is 3. The molecule has 4 heteroatoms. The number of carbonyl (C=O) groups excluding carboxylic acids is 1. The highest BCUT2D eigenvalue weighted by Crippen LogP contribution is 2.42. The first-order chi connectivity index (χ1) is 7.93. The van der Waals surface area contributed by atoms with E-state index in [0.29, 0.717) is 6.04 Å². The van der Waals surface area contributed by atoms with E-state index in [1.807, 2.05) is 6.92 Å². The summed E-state index contributed by atoms with van der Waals surface area (Å²) in [6.45, 7) is 6.42. The maximum Gasteiger partial charge on any atom is 0.237 e. The van der Waals surface area contributed by atoms with Crippen LogP contribution in [0.15, 0.2) is 0 Å². The fraction of sp³-hybridized carbons (Fsp3) is 0.769. The summed E-state index contributed by atoms with van der Waals surface area (Å²) in [6.07, 6.45) is 6.30. The summed E-state index contributed by atoms with van der Waals surface area (Å²) < 4.78 is 5.37. The van der Waals surface area contributed by atoms with Gasteiger partial charge in [0.05, 0.1) is 18.7 Å². The molecule has 1 aliphatic rings. The van der Waals surface area contributed by atoms with E-state index >= 15 is 0 Å². The lowest BCUT2D eigenvalue weighted by atomic mass is 9.64. The van der Waals surface area contributed by atoms with Gasteiger partial charge in [0.15, 0.2) is 0 Å². The fourth-order valence-electron chi connectivity index (χ4n) is 2.24. The first-order valence-corrected chi connectivity index (χ1v) is 5.93. The summed E-state index contributed by atoms with van der Waals surface area (Å²) in [4.78, 5) is 11.6. The van der Waals surface area contributed by atoms with E-state index in [1.165, 1.54) is 0 Å². The molecule has 0 aromatic rings. The largest absolute Gasteiger partial charge is 0.381 e. The number of terminal acetylenes is 1. The van der Waals surface area contributed by atoms with Crippen molar-refractivity contribution in [2.24, 2.45) is 5.41 Å². The van der Waals surface area contributed by atoms with Crippen LogP contribution in [0, 0.1) is 17.8 Å². The Bertz CT molecular complexity index is 320. The van der Waals surface area contributed by atoms with Crippen LogP contribution in [-0.2, 0) is 9.53 Å². The normalized spacial score (nSPS) is 27.7. The lowest BCUT2D eigenvalue weighted by Gasteiger charge is -2.52. The smallest absolute Gasteiger partial charge is 0.237 e. The molecule has 1 fully saturated rings. The third-order valence-electron chi connectivity index (χ3n) is 3.67. The van der Waals surface area contributed by atoms with Gasteiger partial charge < -0.3 is 15.4 Å². The Morgan fingerprint density at radius 1 is 1.65 bits per heavy atom. The number of rotatable bonds is 5. The summed E-state index contributed by atoms with van der Waals surface area (Å²) in [5, 5.41) is 5.99. The molecule has 17 heavy (non-hydrogen) atoms. The van der Waals surface area contributed by atoms with E-state index in [4.69, 9.17) is 11.2 Å². The highest BCUT2D eigenvalue weighted by Gasteiger charge is 2.49. The van der Waals surface area contributed by atoms with E-state index < -0.39 is 0 Å². The van der Waals surface area contributed by atoms with Crippen LogP contribution in [0.2, 0.25) is 0 Å². The van der Waals surface area contributed by atoms with Gasteiger partial charge in [0.1, 0.15) is 0 Å². The van der Waals surface area contributed by atoms with Crippen molar-refractivity contribution in [1.82, 2.24) is 10.6 Å². The minimum absolute atomic E-state index is 0.0559. The molecule has 4 nitrogen and oxygen atoms in total.